The zero-order valence-corrected chi connectivity index (χ0v) is 45.9. The molecule has 0 aromatic heterocycles. The molecule has 13 heteroatoms. The van der Waals surface area contributed by atoms with Crippen LogP contribution in [0.3, 0.4) is 0 Å². The molecular weight excluding hydrogens is 713 g/mol. The van der Waals surface area contributed by atoms with E-state index in [1.165, 1.54) is 0 Å². The molecule has 3 rings (SSSR count). The second kappa shape index (κ2) is 9.81. The largest absolute Gasteiger partial charge is 0.0749 e. The van der Waals surface area contributed by atoms with Crippen LogP contribution in [0.4, 0.5) is 0 Å². The van der Waals surface area contributed by atoms with Gasteiger partial charge >= 0.3 is 0 Å². The molecule has 0 amide bonds. The molecule has 0 bridgehead atoms. The van der Waals surface area contributed by atoms with E-state index in [-0.39, 0.29) is 0 Å². The van der Waals surface area contributed by atoms with Gasteiger partial charge in [-0.15, -0.1) is 0 Å². The Morgan fingerprint density at radius 3 is 0.714 bits per heavy atom. The molecule has 0 spiro atoms. The van der Waals surface area contributed by atoms with Gasteiger partial charge < -0.3 is 0 Å². The van der Waals surface area contributed by atoms with Crippen LogP contribution in [0.5, 0.6) is 0 Å². The Bertz CT molecular complexity index is 1110. The summed E-state index contributed by atoms with van der Waals surface area (Å²) in [7, 11) is -16.1. The van der Waals surface area contributed by atoms with Gasteiger partial charge in [-0.2, -0.15) is 0 Å². The molecule has 0 nitrogen and oxygen atoms in total. The first-order valence-electron chi connectivity index (χ1n) is 17.2. The second-order valence-corrected chi connectivity index (χ2v) is 185. The Hall–Kier alpha value is 2.04. The van der Waals surface area contributed by atoms with Crippen LogP contribution in [0.15, 0.2) is 30.3 Å². The van der Waals surface area contributed by atoms with E-state index in [1.54, 1.807) is 0 Å². The standard InChI is InChI=1S/C29H74Si13/c1-30(2)32(5,6)36(13,14)41(22,37(15,16)33(30,7)8)40(21,29-27-25-24-26-28-29)42(23)38(17,18)34(9,10)31(3,4)35(11,12)39(42,19)20/h24-28H,1-23H3. The van der Waals surface area contributed by atoms with Gasteiger partial charge in [0.05, 0.1) is 7.11 Å². The predicted octanol–water partition coefficient (Wildman–Crippen LogP) is 9.34. The lowest BCUT2D eigenvalue weighted by Gasteiger charge is -2.83. The smallest absolute Gasteiger partial charge is 0.0610 e. The minimum absolute atomic E-state index is 1.29. The van der Waals surface area contributed by atoms with Gasteiger partial charge in [0.1, 0.15) is 0 Å². The van der Waals surface area contributed by atoms with E-state index in [9.17, 15) is 0 Å². The molecule has 2 aliphatic rings. The van der Waals surface area contributed by atoms with Gasteiger partial charge in [-0.05, 0) is 0 Å². The van der Waals surface area contributed by atoms with Crippen LogP contribution in [0.1, 0.15) is 0 Å². The fourth-order valence-electron chi connectivity index (χ4n) is 13.1. The first kappa shape index (κ1) is 38.5. The molecule has 0 N–H and O–H groups in total. The van der Waals surface area contributed by atoms with E-state index < -0.39 is 91.5 Å². The highest BCUT2D eigenvalue weighted by molar-refractivity contribution is 8.32. The minimum Gasteiger partial charge on any atom is -0.0749 e. The van der Waals surface area contributed by atoms with Crippen molar-refractivity contribution >= 4 is 96.6 Å². The summed E-state index contributed by atoms with van der Waals surface area (Å²) in [6, 6.07) is 13.0. The van der Waals surface area contributed by atoms with E-state index in [0.29, 0.717) is 0 Å². The van der Waals surface area contributed by atoms with Crippen LogP contribution in [-0.2, 0) is 0 Å². The summed E-state index contributed by atoms with van der Waals surface area (Å²) < 4.78 is 0. The Labute approximate surface area is 275 Å². The van der Waals surface area contributed by atoms with Crippen molar-refractivity contribution in [3.05, 3.63) is 30.3 Å². The minimum atomic E-state index is -1.89. The molecule has 0 aliphatic carbocycles. The van der Waals surface area contributed by atoms with Gasteiger partial charge in [0.2, 0.25) is 0 Å². The SMILES string of the molecule is C[Si]1(C)[Si](C)(C)[Si](C)(C)[Si](C)([Si](C)(c2ccccc2)[Si]2(C)[Si](C)(C)[Si](C)(C)[Si](C)(C)[Si](C)(C)[Si]2(C)C)[Si](C)(C)[Si]1(C)C. The predicted molar refractivity (Wildman–Crippen MR) is 236 cm³/mol. The van der Waals surface area contributed by atoms with Crippen LogP contribution in [0, 0.1) is 0 Å². The van der Waals surface area contributed by atoms with Crippen LogP contribution in [0.25, 0.3) is 0 Å². The first-order chi connectivity index (χ1) is 18.1. The van der Waals surface area contributed by atoms with E-state index in [4.69, 9.17) is 0 Å². The first-order valence-corrected chi connectivity index (χ1v) is 68.7. The summed E-state index contributed by atoms with van der Waals surface area (Å²) in [5, 5.41) is 2.03. The van der Waals surface area contributed by atoms with Gasteiger partial charge in [-0.3, -0.25) is 0 Å². The second-order valence-electron chi connectivity index (χ2n) is 21.0. The molecule has 2 saturated heterocycles. The molecule has 1 aromatic rings. The van der Waals surface area contributed by atoms with Crippen molar-refractivity contribution in [2.24, 2.45) is 0 Å². The summed E-state index contributed by atoms with van der Waals surface area (Å²) in [5.74, 6) is 0. The molecule has 42 heavy (non-hydrogen) atoms. The topological polar surface area (TPSA) is 0 Å². The van der Waals surface area contributed by atoms with Crippen LogP contribution in [-0.4, -0.2) is 91.5 Å². The van der Waals surface area contributed by atoms with Gasteiger partial charge in [-0.1, -0.05) is 186 Å². The molecule has 2 fully saturated rings. The maximum atomic E-state index is 3.28. The number of hydrogen-bond donors (Lipinski definition) is 0. The van der Waals surface area contributed by atoms with Crippen molar-refractivity contribution in [1.29, 1.82) is 0 Å². The Morgan fingerprint density at radius 1 is 0.310 bits per heavy atom. The van der Waals surface area contributed by atoms with E-state index >= 15 is 0 Å². The average molecular weight is 788 g/mol. The molecular formula is C29H74Si13. The third-order valence-electron chi connectivity index (χ3n) is 20.9. The quantitative estimate of drug-likeness (QED) is 0.268. The van der Waals surface area contributed by atoms with Crippen molar-refractivity contribution in [3.8, 4) is 0 Å². The zero-order chi connectivity index (χ0) is 33.6. The molecule has 0 radical (unpaired) electrons. The fraction of sp³-hybridized carbons (Fsp3) is 0.793. The fourth-order valence-corrected chi connectivity index (χ4v) is 729. The van der Waals surface area contributed by atoms with Crippen molar-refractivity contribution in [2.75, 3.05) is 0 Å². The molecule has 0 unspecified atom stereocenters. The zero-order valence-electron chi connectivity index (χ0n) is 32.9. The molecule has 0 atom stereocenters. The maximum absolute atomic E-state index is 3.28. The van der Waals surface area contributed by atoms with E-state index in [2.05, 4.69) is 181 Å². The highest BCUT2D eigenvalue weighted by atomic mass is 30.4. The highest BCUT2D eigenvalue weighted by Crippen LogP contribution is 2.61. The summed E-state index contributed by atoms with van der Waals surface area (Å²) in [5.41, 5.74) is 0. The summed E-state index contributed by atoms with van der Waals surface area (Å²) in [6.45, 7) is 67.7. The molecule has 0 saturated carbocycles. The number of benzene rings is 1. The maximum Gasteiger partial charge on any atom is 0.0610 e. The summed E-state index contributed by atoms with van der Waals surface area (Å²) >= 11 is 0. The van der Waals surface area contributed by atoms with Gasteiger partial charge in [0.25, 0.3) is 0 Å². The monoisotopic (exact) mass is 786 g/mol. The van der Waals surface area contributed by atoms with Gasteiger partial charge in [0, 0.05) is 84.3 Å². The van der Waals surface area contributed by atoms with Crippen molar-refractivity contribution in [3.63, 3.8) is 0 Å². The number of rotatable bonds is 3. The molecule has 1 aromatic carbocycles. The highest BCUT2D eigenvalue weighted by Gasteiger charge is 2.88. The third-order valence-corrected chi connectivity index (χ3v) is 405. The Balaban J connectivity index is 2.78. The lowest BCUT2D eigenvalue weighted by Crippen LogP contribution is -3.14. The normalized spacial score (nSPS) is 31.6. The Kier molecular flexibility index (Phi) is 8.99. The lowest BCUT2D eigenvalue weighted by atomic mass is 10.4. The average Bonchev–Trinajstić information content (AvgIpc) is 2.84. The van der Waals surface area contributed by atoms with Gasteiger partial charge in [0.15, 0.2) is 0 Å². The summed E-state index contributed by atoms with van der Waals surface area (Å²) in [4.78, 5) is 0. The number of hydrogen-bond acceptors (Lipinski definition) is 0. The molecule has 2 heterocycles. The van der Waals surface area contributed by atoms with Gasteiger partial charge in [-0.25, -0.2) is 0 Å². The van der Waals surface area contributed by atoms with Crippen molar-refractivity contribution in [2.45, 2.75) is 151 Å². The van der Waals surface area contributed by atoms with Crippen molar-refractivity contribution < 1.29 is 0 Å². The van der Waals surface area contributed by atoms with Crippen LogP contribution >= 0.6 is 0 Å². The Morgan fingerprint density at radius 2 is 0.500 bits per heavy atom. The van der Waals surface area contributed by atoms with E-state index in [0.717, 1.165) is 0 Å². The lowest BCUT2D eigenvalue weighted by molar-refractivity contribution is 1.71. The van der Waals surface area contributed by atoms with Crippen LogP contribution < -0.4 is 5.19 Å². The molecule has 242 valence electrons. The van der Waals surface area contributed by atoms with Crippen molar-refractivity contribution in [1.82, 2.24) is 0 Å². The third kappa shape index (κ3) is 3.51. The molecule has 2 aliphatic heterocycles. The summed E-state index contributed by atoms with van der Waals surface area (Å²) in [6.07, 6.45) is 0. The van der Waals surface area contributed by atoms with Crippen LogP contribution in [0.2, 0.25) is 151 Å². The van der Waals surface area contributed by atoms with E-state index in [1.807, 2.05) is 5.19 Å².